The molecule has 0 spiro atoms. The average molecular weight is 381 g/mol. The van der Waals surface area contributed by atoms with Gasteiger partial charge in [0.2, 0.25) is 0 Å². The summed E-state index contributed by atoms with van der Waals surface area (Å²) in [6.07, 6.45) is 1.35. The Hall–Kier alpha value is -3.36. The molecule has 0 radical (unpaired) electrons. The SMILES string of the molecule is Cc1ccc(Cl)cc1NC(=O)/C(C#N)=C/c1ccc(-c2ccc(F)cc2)o1. The largest absolute Gasteiger partial charge is 0.457 e. The van der Waals surface area contributed by atoms with Gasteiger partial charge >= 0.3 is 0 Å². The van der Waals surface area contributed by atoms with E-state index >= 15 is 0 Å². The van der Waals surface area contributed by atoms with Gasteiger partial charge in [0.25, 0.3) is 5.91 Å². The molecule has 0 unspecified atom stereocenters. The Morgan fingerprint density at radius 2 is 1.93 bits per heavy atom. The van der Waals surface area contributed by atoms with E-state index < -0.39 is 5.91 Å². The molecule has 1 heterocycles. The lowest BCUT2D eigenvalue weighted by molar-refractivity contribution is -0.112. The number of hydrogen-bond acceptors (Lipinski definition) is 3. The molecule has 6 heteroatoms. The van der Waals surface area contributed by atoms with Crippen LogP contribution in [0.5, 0.6) is 0 Å². The number of furan rings is 1. The van der Waals surface area contributed by atoms with Gasteiger partial charge in [0, 0.05) is 22.3 Å². The quantitative estimate of drug-likeness (QED) is 0.473. The van der Waals surface area contributed by atoms with Crippen molar-refractivity contribution in [3.63, 3.8) is 0 Å². The van der Waals surface area contributed by atoms with Crippen LogP contribution in [0.15, 0.2) is 64.6 Å². The summed E-state index contributed by atoms with van der Waals surface area (Å²) in [5, 5.41) is 12.5. The summed E-state index contributed by atoms with van der Waals surface area (Å²) in [6, 6.07) is 16.1. The first-order valence-corrected chi connectivity index (χ1v) is 8.39. The third-order valence-electron chi connectivity index (χ3n) is 3.86. The van der Waals surface area contributed by atoms with Crippen molar-refractivity contribution in [3.05, 3.63) is 82.3 Å². The highest BCUT2D eigenvalue weighted by molar-refractivity contribution is 6.31. The van der Waals surface area contributed by atoms with E-state index in [1.54, 1.807) is 42.5 Å². The fourth-order valence-corrected chi connectivity index (χ4v) is 2.58. The normalized spacial score (nSPS) is 11.1. The van der Waals surface area contributed by atoms with Crippen molar-refractivity contribution >= 4 is 29.3 Å². The average Bonchev–Trinajstić information content (AvgIpc) is 3.12. The van der Waals surface area contributed by atoms with Gasteiger partial charge in [-0.1, -0.05) is 17.7 Å². The van der Waals surface area contributed by atoms with Gasteiger partial charge in [-0.15, -0.1) is 0 Å². The van der Waals surface area contributed by atoms with Gasteiger partial charge in [-0.3, -0.25) is 4.79 Å². The molecule has 0 fully saturated rings. The zero-order chi connectivity index (χ0) is 19.4. The van der Waals surface area contributed by atoms with E-state index in [2.05, 4.69) is 5.32 Å². The number of nitrogens with one attached hydrogen (secondary N) is 1. The van der Waals surface area contributed by atoms with Crippen LogP contribution in [-0.4, -0.2) is 5.91 Å². The van der Waals surface area contributed by atoms with E-state index in [4.69, 9.17) is 16.0 Å². The summed E-state index contributed by atoms with van der Waals surface area (Å²) in [4.78, 5) is 12.4. The van der Waals surface area contributed by atoms with Gasteiger partial charge in [-0.05, 0) is 61.0 Å². The number of anilines is 1. The highest BCUT2D eigenvalue weighted by Gasteiger charge is 2.13. The number of carbonyl (C=O) groups is 1. The molecule has 0 atom stereocenters. The van der Waals surface area contributed by atoms with Gasteiger partial charge in [0.1, 0.15) is 29.0 Å². The first-order valence-electron chi connectivity index (χ1n) is 8.01. The molecule has 0 bridgehead atoms. The van der Waals surface area contributed by atoms with Gasteiger partial charge in [-0.2, -0.15) is 5.26 Å². The minimum absolute atomic E-state index is 0.116. The lowest BCUT2D eigenvalue weighted by Crippen LogP contribution is -2.14. The van der Waals surface area contributed by atoms with Crippen LogP contribution in [-0.2, 0) is 4.79 Å². The van der Waals surface area contributed by atoms with Gasteiger partial charge in [0.15, 0.2) is 0 Å². The molecule has 1 N–H and O–H groups in total. The van der Waals surface area contributed by atoms with E-state index in [1.165, 1.54) is 18.2 Å². The Kier molecular flexibility index (Phi) is 5.39. The van der Waals surface area contributed by atoms with Crippen LogP contribution < -0.4 is 5.32 Å². The molecular formula is C21H14ClFN2O2. The number of aryl methyl sites for hydroxylation is 1. The molecule has 3 aromatic rings. The summed E-state index contributed by atoms with van der Waals surface area (Å²) in [5.41, 5.74) is 1.92. The molecule has 0 aliphatic rings. The molecule has 3 rings (SSSR count). The monoisotopic (exact) mass is 380 g/mol. The van der Waals surface area contributed by atoms with Crippen LogP contribution >= 0.6 is 11.6 Å². The van der Waals surface area contributed by atoms with E-state index in [-0.39, 0.29) is 11.4 Å². The number of halogens is 2. The fourth-order valence-electron chi connectivity index (χ4n) is 2.41. The van der Waals surface area contributed by atoms with Crippen LogP contribution in [0.4, 0.5) is 10.1 Å². The maximum Gasteiger partial charge on any atom is 0.266 e. The predicted octanol–water partition coefficient (Wildman–Crippen LogP) is 5.59. The number of nitriles is 1. The Morgan fingerprint density at radius 3 is 2.63 bits per heavy atom. The standard InChI is InChI=1S/C21H14ClFN2O2/c1-13-2-5-16(22)11-19(13)25-21(26)15(12-24)10-18-8-9-20(27-18)14-3-6-17(23)7-4-14/h2-11H,1H3,(H,25,26)/b15-10+. The lowest BCUT2D eigenvalue weighted by Gasteiger charge is -2.08. The maximum atomic E-state index is 13.0. The molecule has 134 valence electrons. The van der Waals surface area contributed by atoms with Gasteiger partial charge in [-0.25, -0.2) is 4.39 Å². The molecule has 0 saturated heterocycles. The summed E-state index contributed by atoms with van der Waals surface area (Å²) < 4.78 is 18.7. The molecule has 1 amide bonds. The lowest BCUT2D eigenvalue weighted by atomic mass is 10.1. The third-order valence-corrected chi connectivity index (χ3v) is 4.09. The van der Waals surface area contributed by atoms with Crippen molar-refractivity contribution in [1.82, 2.24) is 0 Å². The van der Waals surface area contributed by atoms with Gasteiger partial charge < -0.3 is 9.73 Å². The minimum Gasteiger partial charge on any atom is -0.457 e. The highest BCUT2D eigenvalue weighted by atomic mass is 35.5. The number of amides is 1. The van der Waals surface area contributed by atoms with E-state index in [1.807, 2.05) is 13.0 Å². The zero-order valence-electron chi connectivity index (χ0n) is 14.3. The summed E-state index contributed by atoms with van der Waals surface area (Å²) in [6.45, 7) is 1.82. The number of rotatable bonds is 4. The first kappa shape index (κ1) is 18.4. The maximum absolute atomic E-state index is 13.0. The molecule has 4 nitrogen and oxygen atoms in total. The van der Waals surface area contributed by atoms with Crippen LogP contribution in [0, 0.1) is 24.1 Å². The van der Waals surface area contributed by atoms with Crippen LogP contribution in [0.3, 0.4) is 0 Å². The Balaban J connectivity index is 1.82. The topological polar surface area (TPSA) is 66.0 Å². The van der Waals surface area contributed by atoms with E-state index in [0.717, 1.165) is 5.56 Å². The molecule has 0 aliphatic carbocycles. The molecule has 0 aliphatic heterocycles. The molecule has 0 saturated carbocycles. The highest BCUT2D eigenvalue weighted by Crippen LogP contribution is 2.24. The minimum atomic E-state index is -0.567. The van der Waals surface area contributed by atoms with Crippen molar-refractivity contribution in [2.24, 2.45) is 0 Å². The molecule has 1 aromatic heterocycles. The van der Waals surface area contributed by atoms with Crippen molar-refractivity contribution in [2.45, 2.75) is 6.92 Å². The number of carbonyl (C=O) groups excluding carboxylic acids is 1. The van der Waals surface area contributed by atoms with Crippen molar-refractivity contribution < 1.29 is 13.6 Å². The van der Waals surface area contributed by atoms with E-state index in [0.29, 0.717) is 27.8 Å². The van der Waals surface area contributed by atoms with Crippen molar-refractivity contribution in [2.75, 3.05) is 5.32 Å². The number of hydrogen-bond donors (Lipinski definition) is 1. The van der Waals surface area contributed by atoms with Crippen LogP contribution in [0.25, 0.3) is 17.4 Å². The Bertz CT molecular complexity index is 1060. The summed E-state index contributed by atoms with van der Waals surface area (Å²) >= 11 is 5.94. The second-order valence-corrected chi connectivity index (χ2v) is 6.23. The Labute approximate surface area is 160 Å². The van der Waals surface area contributed by atoms with Gasteiger partial charge in [0.05, 0.1) is 0 Å². The van der Waals surface area contributed by atoms with E-state index in [9.17, 15) is 14.4 Å². The van der Waals surface area contributed by atoms with Crippen molar-refractivity contribution in [3.8, 4) is 17.4 Å². The summed E-state index contributed by atoms with van der Waals surface area (Å²) in [5.74, 6) is -0.0683. The smallest absolute Gasteiger partial charge is 0.266 e. The number of nitrogens with zero attached hydrogens (tertiary/aromatic N) is 1. The van der Waals surface area contributed by atoms with Crippen LogP contribution in [0.2, 0.25) is 5.02 Å². The zero-order valence-corrected chi connectivity index (χ0v) is 15.0. The summed E-state index contributed by atoms with van der Waals surface area (Å²) in [7, 11) is 0. The third kappa shape index (κ3) is 4.43. The van der Waals surface area contributed by atoms with Crippen LogP contribution in [0.1, 0.15) is 11.3 Å². The molecule has 2 aromatic carbocycles. The molecular weight excluding hydrogens is 367 g/mol. The number of benzene rings is 2. The Morgan fingerprint density at radius 1 is 1.19 bits per heavy atom. The molecule has 27 heavy (non-hydrogen) atoms. The second-order valence-electron chi connectivity index (χ2n) is 5.79. The second kappa shape index (κ2) is 7.90. The fraction of sp³-hybridized carbons (Fsp3) is 0.0476. The predicted molar refractivity (Wildman–Crippen MR) is 103 cm³/mol. The first-order chi connectivity index (χ1) is 13.0. The van der Waals surface area contributed by atoms with Crippen molar-refractivity contribution in [1.29, 1.82) is 5.26 Å².